The van der Waals surface area contributed by atoms with E-state index < -0.39 is 0 Å². The summed E-state index contributed by atoms with van der Waals surface area (Å²) in [6, 6.07) is 17.4. The van der Waals surface area contributed by atoms with E-state index in [0.29, 0.717) is 11.6 Å². The number of benzene rings is 2. The first-order valence-corrected chi connectivity index (χ1v) is 11.8. The highest BCUT2D eigenvalue weighted by molar-refractivity contribution is 6.06. The largest absolute Gasteiger partial charge is 0.341 e. The Balaban J connectivity index is 1.47. The summed E-state index contributed by atoms with van der Waals surface area (Å²) in [6.07, 6.45) is 5.27. The zero-order chi connectivity index (χ0) is 22.8. The number of aryl methyl sites for hydroxylation is 1. The van der Waals surface area contributed by atoms with Gasteiger partial charge in [-0.25, -0.2) is 9.67 Å². The molecule has 0 unspecified atom stereocenters. The van der Waals surface area contributed by atoms with Gasteiger partial charge in [0.2, 0.25) is 11.7 Å². The molecule has 1 saturated heterocycles. The zero-order valence-electron chi connectivity index (χ0n) is 19.0. The van der Waals surface area contributed by atoms with Gasteiger partial charge < -0.3 is 4.90 Å². The number of aromatic nitrogens is 3. The number of para-hydroxylation sites is 1. The molecule has 0 radical (unpaired) electrons. The second-order valence-electron chi connectivity index (χ2n) is 8.98. The lowest BCUT2D eigenvalue weighted by Gasteiger charge is -2.29. The Labute approximate surface area is 194 Å². The molecule has 33 heavy (non-hydrogen) atoms. The van der Waals surface area contributed by atoms with Gasteiger partial charge in [0.15, 0.2) is 0 Å². The molecule has 1 aliphatic carbocycles. The van der Waals surface area contributed by atoms with Crippen LogP contribution in [0.25, 0.3) is 5.69 Å². The Morgan fingerprint density at radius 1 is 0.970 bits per heavy atom. The van der Waals surface area contributed by atoms with Crippen LogP contribution >= 0.6 is 0 Å². The fraction of sp³-hybridized carbons (Fsp3) is 0.385. The molecule has 2 heterocycles. The normalized spacial score (nSPS) is 16.0. The van der Waals surface area contributed by atoms with Crippen LogP contribution in [0, 0.1) is 6.92 Å². The van der Waals surface area contributed by atoms with E-state index in [-0.39, 0.29) is 24.2 Å². The van der Waals surface area contributed by atoms with Crippen molar-refractivity contribution in [1.29, 1.82) is 0 Å². The fourth-order valence-electron chi connectivity index (χ4n) is 4.28. The standard InChI is InChI=1S/C26H29N5O2/c1-19-10-14-21(15-11-19)30(18-23(32)29-16-6-3-7-17-29)26(33)24-27-25(20-12-13-20)31(28-24)22-8-4-2-5-9-22/h2,4-5,8-11,14-15,20H,3,6-7,12-13,16-18H2,1H3. The molecule has 7 heteroatoms. The Hall–Kier alpha value is -3.48. The molecule has 170 valence electrons. The maximum absolute atomic E-state index is 13.7. The van der Waals surface area contributed by atoms with Crippen LogP contribution in [0.2, 0.25) is 0 Å². The molecular formula is C26H29N5O2. The van der Waals surface area contributed by atoms with Crippen LogP contribution < -0.4 is 4.90 Å². The Kier molecular flexibility index (Phi) is 5.94. The van der Waals surface area contributed by atoms with Gasteiger partial charge in [-0.1, -0.05) is 35.9 Å². The summed E-state index contributed by atoms with van der Waals surface area (Å²) in [5.41, 5.74) is 2.66. The quantitative estimate of drug-likeness (QED) is 0.575. The highest BCUT2D eigenvalue weighted by Crippen LogP contribution is 2.39. The molecule has 3 aromatic rings. The van der Waals surface area contributed by atoms with E-state index in [0.717, 1.165) is 62.3 Å². The number of piperidine rings is 1. The smallest absolute Gasteiger partial charge is 0.298 e. The number of carbonyl (C=O) groups is 2. The number of amides is 2. The maximum Gasteiger partial charge on any atom is 0.298 e. The first-order chi connectivity index (χ1) is 16.1. The third-order valence-electron chi connectivity index (χ3n) is 6.36. The highest BCUT2D eigenvalue weighted by Gasteiger charge is 2.33. The minimum atomic E-state index is -0.346. The van der Waals surface area contributed by atoms with E-state index in [4.69, 9.17) is 0 Å². The number of hydrogen-bond acceptors (Lipinski definition) is 4. The molecule has 1 aliphatic heterocycles. The molecule has 0 bridgehead atoms. The van der Waals surface area contributed by atoms with Gasteiger partial charge in [-0.15, -0.1) is 5.10 Å². The van der Waals surface area contributed by atoms with E-state index in [1.165, 1.54) is 4.90 Å². The van der Waals surface area contributed by atoms with Crippen molar-refractivity contribution in [3.05, 3.63) is 71.8 Å². The van der Waals surface area contributed by atoms with Crippen molar-refractivity contribution in [3.63, 3.8) is 0 Å². The molecular weight excluding hydrogens is 414 g/mol. The first kappa shape index (κ1) is 21.4. The molecule has 0 atom stereocenters. The summed E-state index contributed by atoms with van der Waals surface area (Å²) in [6.45, 7) is 3.49. The molecule has 2 amide bonds. The van der Waals surface area contributed by atoms with Crippen LogP contribution in [0.4, 0.5) is 5.69 Å². The van der Waals surface area contributed by atoms with E-state index in [2.05, 4.69) is 10.1 Å². The van der Waals surface area contributed by atoms with Crippen molar-refractivity contribution in [1.82, 2.24) is 19.7 Å². The predicted octanol–water partition coefficient (Wildman–Crippen LogP) is 4.11. The van der Waals surface area contributed by atoms with Gasteiger partial charge >= 0.3 is 0 Å². The number of hydrogen-bond donors (Lipinski definition) is 0. The van der Waals surface area contributed by atoms with Crippen LogP contribution in [-0.4, -0.2) is 51.1 Å². The summed E-state index contributed by atoms with van der Waals surface area (Å²) in [5.74, 6) is 0.889. The van der Waals surface area contributed by atoms with Gasteiger partial charge in [0.05, 0.1) is 5.69 Å². The summed E-state index contributed by atoms with van der Waals surface area (Å²) in [5, 5.41) is 4.61. The van der Waals surface area contributed by atoms with Crippen LogP contribution in [0.5, 0.6) is 0 Å². The lowest BCUT2D eigenvalue weighted by Crippen LogP contribution is -2.45. The molecule has 1 aromatic heterocycles. The number of carbonyl (C=O) groups excluding carboxylic acids is 2. The fourth-order valence-corrected chi connectivity index (χ4v) is 4.28. The van der Waals surface area contributed by atoms with Gasteiger partial charge in [0.25, 0.3) is 5.91 Å². The third kappa shape index (κ3) is 4.67. The number of anilines is 1. The topological polar surface area (TPSA) is 71.3 Å². The molecule has 0 spiro atoms. The van der Waals surface area contributed by atoms with E-state index in [1.54, 1.807) is 4.68 Å². The van der Waals surface area contributed by atoms with E-state index in [1.807, 2.05) is 66.4 Å². The van der Waals surface area contributed by atoms with Crippen LogP contribution in [0.15, 0.2) is 54.6 Å². The molecule has 0 N–H and O–H groups in total. The van der Waals surface area contributed by atoms with Gasteiger partial charge in [0, 0.05) is 24.7 Å². The second-order valence-corrected chi connectivity index (χ2v) is 8.98. The van der Waals surface area contributed by atoms with Crippen molar-refractivity contribution >= 4 is 17.5 Å². The van der Waals surface area contributed by atoms with Crippen molar-refractivity contribution in [3.8, 4) is 5.69 Å². The molecule has 7 nitrogen and oxygen atoms in total. The molecule has 1 saturated carbocycles. The van der Waals surface area contributed by atoms with Crippen LogP contribution in [-0.2, 0) is 4.79 Å². The molecule has 2 aliphatic rings. The molecule has 5 rings (SSSR count). The highest BCUT2D eigenvalue weighted by atomic mass is 16.2. The minimum Gasteiger partial charge on any atom is -0.341 e. The lowest BCUT2D eigenvalue weighted by atomic mass is 10.1. The average molecular weight is 444 g/mol. The zero-order valence-corrected chi connectivity index (χ0v) is 19.0. The number of likely N-dealkylation sites (tertiary alicyclic amines) is 1. The van der Waals surface area contributed by atoms with E-state index in [9.17, 15) is 9.59 Å². The maximum atomic E-state index is 13.7. The second kappa shape index (κ2) is 9.17. The van der Waals surface area contributed by atoms with Crippen LogP contribution in [0.3, 0.4) is 0 Å². The van der Waals surface area contributed by atoms with Crippen molar-refractivity contribution < 1.29 is 9.59 Å². The Morgan fingerprint density at radius 3 is 2.33 bits per heavy atom. The minimum absolute atomic E-state index is 0.0134. The summed E-state index contributed by atoms with van der Waals surface area (Å²) >= 11 is 0. The third-order valence-corrected chi connectivity index (χ3v) is 6.36. The van der Waals surface area contributed by atoms with Crippen molar-refractivity contribution in [2.24, 2.45) is 0 Å². The van der Waals surface area contributed by atoms with Gasteiger partial charge in [0.1, 0.15) is 12.4 Å². The summed E-state index contributed by atoms with van der Waals surface area (Å²) in [4.78, 5) is 34.8. The summed E-state index contributed by atoms with van der Waals surface area (Å²) < 4.78 is 1.78. The SMILES string of the molecule is Cc1ccc(N(CC(=O)N2CCCCC2)C(=O)c2nc(C3CC3)n(-c3ccccc3)n2)cc1. The molecule has 2 fully saturated rings. The monoisotopic (exact) mass is 443 g/mol. The molecule has 2 aromatic carbocycles. The van der Waals surface area contributed by atoms with Gasteiger partial charge in [-0.05, 0) is 63.3 Å². The first-order valence-electron chi connectivity index (χ1n) is 11.8. The lowest BCUT2D eigenvalue weighted by molar-refractivity contribution is -0.130. The number of nitrogens with zero attached hydrogens (tertiary/aromatic N) is 5. The van der Waals surface area contributed by atoms with Crippen molar-refractivity contribution in [2.75, 3.05) is 24.5 Å². The number of rotatable bonds is 6. The van der Waals surface area contributed by atoms with Crippen molar-refractivity contribution in [2.45, 2.75) is 44.9 Å². The summed E-state index contributed by atoms with van der Waals surface area (Å²) in [7, 11) is 0. The van der Waals surface area contributed by atoms with E-state index >= 15 is 0 Å². The van der Waals surface area contributed by atoms with Gasteiger partial charge in [-0.3, -0.25) is 14.5 Å². The Bertz CT molecular complexity index is 1130. The van der Waals surface area contributed by atoms with Gasteiger partial charge in [-0.2, -0.15) is 0 Å². The average Bonchev–Trinajstić information content (AvgIpc) is 3.61. The van der Waals surface area contributed by atoms with Crippen LogP contribution in [0.1, 0.15) is 60.0 Å². The Morgan fingerprint density at radius 2 is 1.67 bits per heavy atom. The predicted molar refractivity (Wildman–Crippen MR) is 127 cm³/mol.